The lowest BCUT2D eigenvalue weighted by Gasteiger charge is -2.17. The second-order valence-electron chi connectivity index (χ2n) is 4.41. The minimum Gasteiger partial charge on any atom is -0.476 e. The summed E-state index contributed by atoms with van der Waals surface area (Å²) in [5.41, 5.74) is 0.000472. The molecule has 8 nitrogen and oxygen atoms in total. The van der Waals surface area contributed by atoms with E-state index in [1.165, 1.54) is 12.5 Å². The average molecular weight is 283 g/mol. The molecule has 0 aliphatic carbocycles. The van der Waals surface area contributed by atoms with Gasteiger partial charge in [0.2, 0.25) is 0 Å². The zero-order valence-corrected chi connectivity index (χ0v) is 11.8. The van der Waals surface area contributed by atoms with Crippen LogP contribution in [0.25, 0.3) is 0 Å². The Hall–Kier alpha value is -2.09. The molecule has 20 heavy (non-hydrogen) atoms. The molecule has 0 saturated heterocycles. The summed E-state index contributed by atoms with van der Waals surface area (Å²) in [6, 6.07) is -0.139. The predicted molar refractivity (Wildman–Crippen MR) is 73.8 cm³/mol. The van der Waals surface area contributed by atoms with Gasteiger partial charge in [0.15, 0.2) is 5.69 Å². The number of rotatable bonds is 8. The van der Waals surface area contributed by atoms with Crippen molar-refractivity contribution in [2.24, 2.45) is 0 Å². The van der Waals surface area contributed by atoms with E-state index in [0.29, 0.717) is 19.6 Å². The van der Waals surface area contributed by atoms with Crippen LogP contribution in [0, 0.1) is 0 Å². The van der Waals surface area contributed by atoms with Crippen LogP contribution < -0.4 is 10.6 Å². The number of imidazole rings is 1. The number of aromatic nitrogens is 2. The summed E-state index contributed by atoms with van der Waals surface area (Å²) in [6.45, 7) is 2.45. The molecule has 0 fully saturated rings. The summed E-state index contributed by atoms with van der Waals surface area (Å²) in [5.74, 6) is -1.06. The van der Waals surface area contributed by atoms with E-state index in [-0.39, 0.29) is 11.7 Å². The Balaban J connectivity index is 2.25. The number of amides is 2. The van der Waals surface area contributed by atoms with Crippen molar-refractivity contribution < 1.29 is 14.7 Å². The van der Waals surface area contributed by atoms with Crippen LogP contribution in [0.2, 0.25) is 0 Å². The number of carbonyl (C=O) groups excluding carboxylic acids is 1. The highest BCUT2D eigenvalue weighted by molar-refractivity contribution is 5.84. The van der Waals surface area contributed by atoms with Crippen molar-refractivity contribution in [3.8, 4) is 0 Å². The molecule has 112 valence electrons. The van der Waals surface area contributed by atoms with Crippen molar-refractivity contribution in [1.29, 1.82) is 0 Å². The molecule has 1 heterocycles. The lowest BCUT2D eigenvalue weighted by atomic mass is 10.4. The molecule has 0 aliphatic heterocycles. The molecule has 0 aliphatic rings. The first-order valence-corrected chi connectivity index (χ1v) is 6.43. The SMILES string of the molecule is CNCCCN(C)C(=O)NCCn1cnc(C(=O)O)c1. The van der Waals surface area contributed by atoms with Gasteiger partial charge in [0, 0.05) is 32.9 Å². The molecule has 3 N–H and O–H groups in total. The molecule has 0 unspecified atom stereocenters. The summed E-state index contributed by atoms with van der Waals surface area (Å²) in [5, 5.41) is 14.5. The van der Waals surface area contributed by atoms with E-state index in [4.69, 9.17) is 5.11 Å². The zero-order valence-electron chi connectivity index (χ0n) is 11.8. The Morgan fingerprint density at radius 1 is 1.45 bits per heavy atom. The summed E-state index contributed by atoms with van der Waals surface area (Å²) in [7, 11) is 3.61. The Bertz CT molecular complexity index is 446. The normalized spacial score (nSPS) is 10.3. The summed E-state index contributed by atoms with van der Waals surface area (Å²) in [6.07, 6.45) is 3.77. The van der Waals surface area contributed by atoms with Gasteiger partial charge >= 0.3 is 12.0 Å². The molecule has 0 aromatic carbocycles. The number of hydrogen-bond acceptors (Lipinski definition) is 4. The fourth-order valence-corrected chi connectivity index (χ4v) is 1.61. The molecule has 8 heteroatoms. The fourth-order valence-electron chi connectivity index (χ4n) is 1.61. The van der Waals surface area contributed by atoms with Crippen molar-refractivity contribution in [1.82, 2.24) is 25.1 Å². The van der Waals surface area contributed by atoms with Crippen LogP contribution in [0.15, 0.2) is 12.5 Å². The van der Waals surface area contributed by atoms with E-state index >= 15 is 0 Å². The largest absolute Gasteiger partial charge is 0.476 e. The van der Waals surface area contributed by atoms with Crippen molar-refractivity contribution in [2.75, 3.05) is 33.7 Å². The van der Waals surface area contributed by atoms with Gasteiger partial charge in [-0.25, -0.2) is 14.6 Å². The van der Waals surface area contributed by atoms with Gasteiger partial charge in [0.25, 0.3) is 0 Å². The Kier molecular flexibility index (Phi) is 6.51. The fraction of sp³-hybridized carbons (Fsp3) is 0.583. The van der Waals surface area contributed by atoms with Gasteiger partial charge in [0.05, 0.1) is 6.33 Å². The Labute approximate surface area is 117 Å². The highest BCUT2D eigenvalue weighted by Gasteiger charge is 2.08. The van der Waals surface area contributed by atoms with Gasteiger partial charge in [-0.3, -0.25) is 0 Å². The highest BCUT2D eigenvalue weighted by Crippen LogP contribution is 1.95. The van der Waals surface area contributed by atoms with E-state index in [9.17, 15) is 9.59 Å². The molecule has 0 bridgehead atoms. The second kappa shape index (κ2) is 8.16. The summed E-state index contributed by atoms with van der Waals surface area (Å²) >= 11 is 0. The second-order valence-corrected chi connectivity index (χ2v) is 4.41. The minimum absolute atomic E-state index is 0.000472. The molecule has 1 aromatic heterocycles. The van der Waals surface area contributed by atoms with Crippen LogP contribution in [0.4, 0.5) is 4.79 Å². The molecular formula is C12H21N5O3. The van der Waals surface area contributed by atoms with Crippen LogP contribution in [0.1, 0.15) is 16.9 Å². The summed E-state index contributed by atoms with van der Waals surface area (Å²) < 4.78 is 1.63. The van der Waals surface area contributed by atoms with Gasteiger partial charge in [-0.1, -0.05) is 0 Å². The predicted octanol–water partition coefficient (Wildman–Crippen LogP) is -0.168. The van der Waals surface area contributed by atoms with Crippen LogP contribution in [0.5, 0.6) is 0 Å². The van der Waals surface area contributed by atoms with Crippen molar-refractivity contribution in [3.63, 3.8) is 0 Å². The van der Waals surface area contributed by atoms with E-state index < -0.39 is 5.97 Å². The molecule has 0 saturated carbocycles. The van der Waals surface area contributed by atoms with Crippen molar-refractivity contribution in [2.45, 2.75) is 13.0 Å². The highest BCUT2D eigenvalue weighted by atomic mass is 16.4. The standard InChI is InChI=1S/C12H21N5O3/c1-13-4-3-6-16(2)12(20)14-5-7-17-8-10(11(18)19)15-9-17/h8-9,13H,3-7H2,1-2H3,(H,14,20)(H,18,19). The van der Waals surface area contributed by atoms with Gasteiger partial charge in [0.1, 0.15) is 0 Å². The van der Waals surface area contributed by atoms with Gasteiger partial charge in [-0.2, -0.15) is 0 Å². The maximum atomic E-state index is 11.7. The summed E-state index contributed by atoms with van der Waals surface area (Å²) in [4.78, 5) is 27.7. The monoisotopic (exact) mass is 283 g/mol. The van der Waals surface area contributed by atoms with E-state index in [1.807, 2.05) is 7.05 Å². The van der Waals surface area contributed by atoms with E-state index in [1.54, 1.807) is 16.5 Å². The third-order valence-electron chi connectivity index (χ3n) is 2.77. The van der Waals surface area contributed by atoms with Crippen LogP contribution in [0.3, 0.4) is 0 Å². The number of carboxylic acid groups (broad SMARTS) is 1. The number of nitrogens with one attached hydrogen (secondary N) is 2. The molecule has 0 spiro atoms. The van der Waals surface area contributed by atoms with Gasteiger partial charge < -0.3 is 25.2 Å². The molecule has 0 radical (unpaired) electrons. The lowest BCUT2D eigenvalue weighted by molar-refractivity contribution is 0.0691. The van der Waals surface area contributed by atoms with E-state index in [0.717, 1.165) is 13.0 Å². The molecule has 1 aromatic rings. The number of hydrogen-bond donors (Lipinski definition) is 3. The van der Waals surface area contributed by atoms with E-state index in [2.05, 4.69) is 15.6 Å². The first-order chi connectivity index (χ1) is 9.54. The maximum Gasteiger partial charge on any atom is 0.356 e. The Morgan fingerprint density at radius 3 is 2.80 bits per heavy atom. The van der Waals surface area contributed by atoms with Crippen LogP contribution in [-0.2, 0) is 6.54 Å². The first kappa shape index (κ1) is 16.0. The third-order valence-corrected chi connectivity index (χ3v) is 2.77. The molecule has 2 amide bonds. The first-order valence-electron chi connectivity index (χ1n) is 6.43. The molecule has 1 rings (SSSR count). The number of urea groups is 1. The Morgan fingerprint density at radius 2 is 2.20 bits per heavy atom. The van der Waals surface area contributed by atoms with Gasteiger partial charge in [-0.05, 0) is 20.0 Å². The van der Waals surface area contributed by atoms with Gasteiger partial charge in [-0.15, -0.1) is 0 Å². The maximum absolute atomic E-state index is 11.7. The topological polar surface area (TPSA) is 99.5 Å². The molecular weight excluding hydrogens is 262 g/mol. The quantitative estimate of drug-likeness (QED) is 0.575. The minimum atomic E-state index is -1.06. The number of aromatic carboxylic acids is 1. The van der Waals surface area contributed by atoms with Crippen LogP contribution >= 0.6 is 0 Å². The smallest absolute Gasteiger partial charge is 0.356 e. The number of carbonyl (C=O) groups is 2. The van der Waals surface area contributed by atoms with Crippen molar-refractivity contribution >= 4 is 12.0 Å². The number of nitrogens with zero attached hydrogens (tertiary/aromatic N) is 3. The zero-order chi connectivity index (χ0) is 15.0. The third kappa shape index (κ3) is 5.27. The molecule has 0 atom stereocenters. The number of carboxylic acids is 1. The average Bonchev–Trinajstić information content (AvgIpc) is 2.87. The van der Waals surface area contributed by atoms with Crippen molar-refractivity contribution in [3.05, 3.63) is 18.2 Å². The van der Waals surface area contributed by atoms with Crippen LogP contribution in [-0.4, -0.2) is 65.3 Å². The lowest BCUT2D eigenvalue weighted by Crippen LogP contribution is -2.39.